The van der Waals surface area contributed by atoms with Gasteiger partial charge in [-0.15, -0.1) is 10.2 Å². The Kier molecular flexibility index (Phi) is 6.46. The molecule has 0 bridgehead atoms. The highest BCUT2D eigenvalue weighted by molar-refractivity contribution is 7.99. The van der Waals surface area contributed by atoms with Crippen LogP contribution in [0.4, 0.5) is 11.4 Å². The van der Waals surface area contributed by atoms with Crippen LogP contribution in [0.15, 0.2) is 53.7 Å². The molecule has 1 aliphatic rings. The van der Waals surface area contributed by atoms with Gasteiger partial charge in [0.15, 0.2) is 11.0 Å². The van der Waals surface area contributed by atoms with Crippen LogP contribution in [0.5, 0.6) is 5.75 Å². The maximum absolute atomic E-state index is 12.9. The smallest absolute Gasteiger partial charge is 0.237 e. The molecule has 1 unspecified atom stereocenters. The minimum atomic E-state index is -0.0701. The molecular formula is C23H27N5O2S. The van der Waals surface area contributed by atoms with E-state index in [4.69, 9.17) is 4.74 Å². The van der Waals surface area contributed by atoms with Crippen molar-refractivity contribution < 1.29 is 9.53 Å². The van der Waals surface area contributed by atoms with Crippen molar-refractivity contribution in [3.63, 3.8) is 0 Å². The molecule has 0 saturated heterocycles. The van der Waals surface area contributed by atoms with Crippen molar-refractivity contribution in [3.05, 3.63) is 59.9 Å². The molecule has 4 rings (SSSR count). The third-order valence-corrected chi connectivity index (χ3v) is 6.39. The first-order chi connectivity index (χ1) is 15.1. The number of carbonyl (C=O) groups excluding carboxylic acids is 1. The van der Waals surface area contributed by atoms with E-state index in [1.165, 1.54) is 17.3 Å². The molecule has 31 heavy (non-hydrogen) atoms. The van der Waals surface area contributed by atoms with Gasteiger partial charge >= 0.3 is 0 Å². The van der Waals surface area contributed by atoms with Crippen LogP contribution in [0.3, 0.4) is 0 Å². The monoisotopic (exact) mass is 437 g/mol. The number of thioether (sulfide) groups is 1. The second kappa shape index (κ2) is 9.43. The van der Waals surface area contributed by atoms with Crippen molar-refractivity contribution in [2.75, 3.05) is 29.6 Å². The van der Waals surface area contributed by atoms with E-state index in [0.717, 1.165) is 47.6 Å². The van der Waals surface area contributed by atoms with Crippen LogP contribution in [-0.2, 0) is 17.8 Å². The fraction of sp³-hybridized carbons (Fsp3) is 0.348. The Bertz CT molecular complexity index is 1070. The molecule has 7 nitrogen and oxygen atoms in total. The lowest BCUT2D eigenvalue weighted by Crippen LogP contribution is -2.30. The Labute approximate surface area is 186 Å². The summed E-state index contributed by atoms with van der Waals surface area (Å²) >= 11 is 1.44. The van der Waals surface area contributed by atoms with E-state index >= 15 is 0 Å². The van der Waals surface area contributed by atoms with E-state index in [9.17, 15) is 4.79 Å². The summed E-state index contributed by atoms with van der Waals surface area (Å²) in [4.78, 5) is 14.7. The minimum Gasteiger partial charge on any atom is -0.495 e. The number of amides is 1. The van der Waals surface area contributed by atoms with Gasteiger partial charge in [0.25, 0.3) is 0 Å². The van der Waals surface area contributed by atoms with Crippen LogP contribution in [-0.4, -0.2) is 40.1 Å². The van der Waals surface area contributed by atoms with Crippen molar-refractivity contribution >= 4 is 29.0 Å². The standard InChI is InChI=1S/C23H27N5O2S/c1-4-27-22(16(2)24-18-10-6-8-12-20(18)30-3)25-26-23(27)31-15-21(29)28-14-13-17-9-5-7-11-19(17)28/h5-12,16,24H,4,13-15H2,1-3H3. The molecule has 0 spiro atoms. The Morgan fingerprint density at radius 1 is 1.19 bits per heavy atom. The third kappa shape index (κ3) is 4.39. The molecule has 2 aromatic carbocycles. The molecule has 1 aliphatic heterocycles. The minimum absolute atomic E-state index is 0.0701. The van der Waals surface area contributed by atoms with Gasteiger partial charge in [-0.2, -0.15) is 0 Å². The lowest BCUT2D eigenvalue weighted by Gasteiger charge is -2.18. The van der Waals surface area contributed by atoms with Crippen molar-refractivity contribution in [1.82, 2.24) is 14.8 Å². The largest absolute Gasteiger partial charge is 0.495 e. The number of rotatable bonds is 8. The molecule has 0 fully saturated rings. The summed E-state index contributed by atoms with van der Waals surface area (Å²) in [5.41, 5.74) is 3.16. The lowest BCUT2D eigenvalue weighted by molar-refractivity contribution is -0.116. The van der Waals surface area contributed by atoms with Gasteiger partial charge in [0.2, 0.25) is 5.91 Å². The SMILES string of the molecule is CCn1c(SCC(=O)N2CCc3ccccc32)nnc1C(C)Nc1ccccc1OC. The highest BCUT2D eigenvalue weighted by Crippen LogP contribution is 2.30. The molecule has 0 saturated carbocycles. The van der Waals surface area contributed by atoms with Crippen molar-refractivity contribution in [2.24, 2.45) is 0 Å². The van der Waals surface area contributed by atoms with Crippen molar-refractivity contribution in [3.8, 4) is 5.75 Å². The molecule has 1 N–H and O–H groups in total. The number of nitrogens with zero attached hydrogens (tertiary/aromatic N) is 4. The van der Waals surface area contributed by atoms with Gasteiger partial charge < -0.3 is 19.5 Å². The Balaban J connectivity index is 1.44. The maximum Gasteiger partial charge on any atom is 0.237 e. The number of aromatic nitrogens is 3. The van der Waals surface area contributed by atoms with E-state index in [1.54, 1.807) is 7.11 Å². The molecule has 3 aromatic rings. The molecule has 162 valence electrons. The zero-order valence-electron chi connectivity index (χ0n) is 18.0. The fourth-order valence-corrected chi connectivity index (χ4v) is 4.77. The number of ether oxygens (including phenoxy) is 1. The topological polar surface area (TPSA) is 72.3 Å². The van der Waals surface area contributed by atoms with E-state index in [0.29, 0.717) is 5.75 Å². The first kappa shape index (κ1) is 21.2. The average molecular weight is 438 g/mol. The molecule has 8 heteroatoms. The van der Waals surface area contributed by atoms with Crippen molar-refractivity contribution in [1.29, 1.82) is 0 Å². The summed E-state index contributed by atoms with van der Waals surface area (Å²) in [6.45, 7) is 5.57. The van der Waals surface area contributed by atoms with Crippen molar-refractivity contribution in [2.45, 2.75) is 38.0 Å². The second-order valence-electron chi connectivity index (χ2n) is 7.36. The fourth-order valence-electron chi connectivity index (χ4n) is 3.89. The van der Waals surface area contributed by atoms with Crippen LogP contribution in [0.1, 0.15) is 31.3 Å². The van der Waals surface area contributed by atoms with E-state index in [2.05, 4.69) is 33.1 Å². The summed E-state index contributed by atoms with van der Waals surface area (Å²) in [5.74, 6) is 2.04. The number of benzene rings is 2. The number of methoxy groups -OCH3 is 1. The zero-order valence-corrected chi connectivity index (χ0v) is 18.9. The number of anilines is 2. The highest BCUT2D eigenvalue weighted by atomic mass is 32.2. The molecule has 2 heterocycles. The van der Waals surface area contributed by atoms with Gasteiger partial charge in [-0.3, -0.25) is 4.79 Å². The van der Waals surface area contributed by atoms with Crippen LogP contribution in [0.25, 0.3) is 0 Å². The molecule has 1 atom stereocenters. The van der Waals surface area contributed by atoms with Gasteiger partial charge in [0.05, 0.1) is 24.6 Å². The third-order valence-electron chi connectivity index (χ3n) is 5.44. The second-order valence-corrected chi connectivity index (χ2v) is 8.31. The number of hydrogen-bond acceptors (Lipinski definition) is 6. The number of nitrogens with one attached hydrogen (secondary N) is 1. The number of fused-ring (bicyclic) bond motifs is 1. The predicted molar refractivity (Wildman–Crippen MR) is 124 cm³/mol. The van der Waals surface area contributed by atoms with Crippen LogP contribution < -0.4 is 15.0 Å². The maximum atomic E-state index is 12.9. The summed E-state index contributed by atoms with van der Waals surface area (Å²) in [5, 5.41) is 13.0. The predicted octanol–water partition coefficient (Wildman–Crippen LogP) is 4.16. The highest BCUT2D eigenvalue weighted by Gasteiger charge is 2.25. The van der Waals surface area contributed by atoms with E-state index in [-0.39, 0.29) is 11.9 Å². The summed E-state index contributed by atoms with van der Waals surface area (Å²) in [6, 6.07) is 15.8. The van der Waals surface area contributed by atoms with Crippen LogP contribution in [0, 0.1) is 0 Å². The van der Waals surface area contributed by atoms with Gasteiger partial charge in [-0.05, 0) is 44.0 Å². The molecule has 0 aliphatic carbocycles. The molecular weight excluding hydrogens is 410 g/mol. The lowest BCUT2D eigenvalue weighted by atomic mass is 10.2. The van der Waals surface area contributed by atoms with Crippen LogP contribution >= 0.6 is 11.8 Å². The molecule has 1 amide bonds. The summed E-state index contributed by atoms with van der Waals surface area (Å²) in [6.07, 6.45) is 0.911. The average Bonchev–Trinajstić information content (AvgIpc) is 3.42. The Hall–Kier alpha value is -3.00. The zero-order chi connectivity index (χ0) is 21.8. The summed E-state index contributed by atoms with van der Waals surface area (Å²) in [7, 11) is 1.66. The Morgan fingerprint density at radius 3 is 2.77 bits per heavy atom. The summed E-state index contributed by atoms with van der Waals surface area (Å²) < 4.78 is 7.49. The molecule has 1 aromatic heterocycles. The number of para-hydroxylation sites is 3. The molecule has 0 radical (unpaired) electrons. The quantitative estimate of drug-likeness (QED) is 0.534. The first-order valence-corrected chi connectivity index (χ1v) is 11.4. The van der Waals surface area contributed by atoms with Gasteiger partial charge in [0, 0.05) is 18.8 Å². The Morgan fingerprint density at radius 2 is 1.97 bits per heavy atom. The van der Waals surface area contributed by atoms with Gasteiger partial charge in [0.1, 0.15) is 5.75 Å². The number of hydrogen-bond donors (Lipinski definition) is 1. The van der Waals surface area contributed by atoms with E-state index < -0.39 is 0 Å². The normalized spacial score (nSPS) is 13.7. The van der Waals surface area contributed by atoms with Gasteiger partial charge in [-0.1, -0.05) is 42.1 Å². The van der Waals surface area contributed by atoms with E-state index in [1.807, 2.05) is 54.3 Å². The first-order valence-electron chi connectivity index (χ1n) is 10.5. The van der Waals surface area contributed by atoms with Crippen LogP contribution in [0.2, 0.25) is 0 Å². The number of carbonyl (C=O) groups is 1. The van der Waals surface area contributed by atoms with Gasteiger partial charge in [-0.25, -0.2) is 0 Å².